The van der Waals surface area contributed by atoms with E-state index in [1.165, 1.54) is 9.75 Å². The van der Waals surface area contributed by atoms with Crippen LogP contribution in [0.1, 0.15) is 42.2 Å². The normalized spacial score (nSPS) is 12.9. The first-order valence-electron chi connectivity index (χ1n) is 9.00. The Morgan fingerprint density at radius 1 is 1.23 bits per heavy atom. The number of aliphatic imine (C=N–C) groups is 1. The summed E-state index contributed by atoms with van der Waals surface area (Å²) >= 11 is 1.75. The number of ether oxygens (including phenoxy) is 1. The largest absolute Gasteiger partial charge is 0.491 e. The maximum absolute atomic E-state index is 10.5. The van der Waals surface area contributed by atoms with Crippen molar-refractivity contribution in [3.05, 3.63) is 51.7 Å². The van der Waals surface area contributed by atoms with Crippen molar-refractivity contribution in [2.45, 2.75) is 46.4 Å². The summed E-state index contributed by atoms with van der Waals surface area (Å²) in [6.45, 7) is 9.85. The maximum atomic E-state index is 10.5. The molecule has 0 spiro atoms. The number of aliphatic hydroxyl groups excluding tert-OH is 1. The lowest BCUT2D eigenvalue weighted by atomic mass is 10.1. The first-order chi connectivity index (χ1) is 12.5. The third-order valence-corrected chi connectivity index (χ3v) is 4.60. The highest BCUT2D eigenvalue weighted by atomic mass is 32.1. The Morgan fingerprint density at radius 3 is 2.69 bits per heavy atom. The standard InChI is InChI=1S/C20H29N3O2S/c1-5-21-20(22-12-18-10-9-15(4)26-18)23-13-19(24)16-7-6-8-17(11-16)25-14(2)3/h6-11,14,19,24H,5,12-13H2,1-4H3,(H2,21,22,23). The number of rotatable bonds is 8. The van der Waals surface area contributed by atoms with Gasteiger partial charge < -0.3 is 20.5 Å². The van der Waals surface area contributed by atoms with Crippen LogP contribution in [0.3, 0.4) is 0 Å². The Balaban J connectivity index is 1.94. The molecule has 0 fully saturated rings. The highest BCUT2D eigenvalue weighted by Gasteiger charge is 2.10. The van der Waals surface area contributed by atoms with E-state index in [0.717, 1.165) is 17.9 Å². The molecule has 0 radical (unpaired) electrons. The van der Waals surface area contributed by atoms with Gasteiger partial charge in [-0.3, -0.25) is 0 Å². The molecule has 6 heteroatoms. The minimum Gasteiger partial charge on any atom is -0.491 e. The topological polar surface area (TPSA) is 65.9 Å². The number of nitrogens with one attached hydrogen (secondary N) is 2. The number of benzene rings is 1. The first-order valence-corrected chi connectivity index (χ1v) is 9.81. The van der Waals surface area contributed by atoms with Crippen molar-refractivity contribution in [2.24, 2.45) is 4.99 Å². The van der Waals surface area contributed by atoms with E-state index in [1.54, 1.807) is 11.3 Å². The molecule has 1 atom stereocenters. The Labute approximate surface area is 160 Å². The summed E-state index contributed by atoms with van der Waals surface area (Å²) in [7, 11) is 0. The van der Waals surface area contributed by atoms with Crippen LogP contribution in [0.15, 0.2) is 41.4 Å². The summed E-state index contributed by atoms with van der Waals surface area (Å²) in [5.74, 6) is 1.47. The van der Waals surface area contributed by atoms with Crippen molar-refractivity contribution in [3.63, 3.8) is 0 Å². The molecule has 0 aliphatic carbocycles. The summed E-state index contributed by atoms with van der Waals surface area (Å²) in [5.41, 5.74) is 0.820. The fourth-order valence-electron chi connectivity index (χ4n) is 2.45. The van der Waals surface area contributed by atoms with Crippen LogP contribution in [0.25, 0.3) is 0 Å². The van der Waals surface area contributed by atoms with E-state index in [0.29, 0.717) is 19.0 Å². The molecule has 0 saturated heterocycles. The van der Waals surface area contributed by atoms with Crippen LogP contribution in [0, 0.1) is 6.92 Å². The number of nitrogens with zero attached hydrogens (tertiary/aromatic N) is 1. The van der Waals surface area contributed by atoms with Crippen molar-refractivity contribution < 1.29 is 9.84 Å². The Hall–Kier alpha value is -2.05. The van der Waals surface area contributed by atoms with Gasteiger partial charge in [0.1, 0.15) is 5.75 Å². The highest BCUT2D eigenvalue weighted by molar-refractivity contribution is 7.11. The molecule has 0 saturated carbocycles. The van der Waals surface area contributed by atoms with Crippen LogP contribution < -0.4 is 15.4 Å². The zero-order valence-corrected chi connectivity index (χ0v) is 16.8. The summed E-state index contributed by atoms with van der Waals surface area (Å²) in [5, 5.41) is 16.9. The third-order valence-electron chi connectivity index (χ3n) is 3.61. The number of thiophene rings is 1. The second kappa shape index (κ2) is 10.2. The Kier molecular flexibility index (Phi) is 7.94. The molecule has 26 heavy (non-hydrogen) atoms. The minimum absolute atomic E-state index is 0.105. The van der Waals surface area contributed by atoms with Gasteiger partial charge >= 0.3 is 0 Å². The lowest BCUT2D eigenvalue weighted by Crippen LogP contribution is -2.39. The fourth-order valence-corrected chi connectivity index (χ4v) is 3.26. The molecule has 1 heterocycles. The molecule has 2 aromatic rings. The van der Waals surface area contributed by atoms with Crippen molar-refractivity contribution in [3.8, 4) is 5.75 Å². The zero-order chi connectivity index (χ0) is 18.9. The van der Waals surface area contributed by atoms with Crippen molar-refractivity contribution >= 4 is 17.3 Å². The average molecular weight is 376 g/mol. The number of hydrogen-bond donors (Lipinski definition) is 3. The lowest BCUT2D eigenvalue weighted by Gasteiger charge is -2.17. The summed E-state index contributed by atoms with van der Waals surface area (Å²) in [4.78, 5) is 7.09. The number of aryl methyl sites for hydroxylation is 1. The molecular formula is C20H29N3O2S. The quantitative estimate of drug-likeness (QED) is 0.487. The van der Waals surface area contributed by atoms with E-state index >= 15 is 0 Å². The van der Waals surface area contributed by atoms with Gasteiger partial charge in [0, 0.05) is 22.8 Å². The summed E-state index contributed by atoms with van der Waals surface area (Å²) in [6, 6.07) is 11.8. The monoisotopic (exact) mass is 375 g/mol. The van der Waals surface area contributed by atoms with Crippen LogP contribution in [-0.4, -0.2) is 30.3 Å². The molecule has 1 aromatic carbocycles. The molecule has 0 amide bonds. The van der Waals surface area contributed by atoms with Crippen LogP contribution in [0.5, 0.6) is 5.75 Å². The minimum atomic E-state index is -0.640. The highest BCUT2D eigenvalue weighted by Crippen LogP contribution is 2.20. The summed E-state index contributed by atoms with van der Waals surface area (Å²) in [6.07, 6.45) is -0.535. The maximum Gasteiger partial charge on any atom is 0.191 e. The van der Waals surface area contributed by atoms with E-state index in [1.807, 2.05) is 45.0 Å². The predicted octanol–water partition coefficient (Wildman–Crippen LogP) is 3.63. The molecule has 3 N–H and O–H groups in total. The third kappa shape index (κ3) is 6.69. The molecule has 0 aliphatic heterocycles. The van der Waals surface area contributed by atoms with Gasteiger partial charge in [0.15, 0.2) is 5.96 Å². The average Bonchev–Trinajstić information content (AvgIpc) is 3.02. The molecule has 0 bridgehead atoms. The first kappa shape index (κ1) is 20.3. The van der Waals surface area contributed by atoms with E-state index in [9.17, 15) is 5.11 Å². The number of hydrogen-bond acceptors (Lipinski definition) is 4. The van der Waals surface area contributed by atoms with Gasteiger partial charge in [-0.2, -0.15) is 0 Å². The molecule has 5 nitrogen and oxygen atoms in total. The number of aliphatic hydroxyl groups is 1. The van der Waals surface area contributed by atoms with E-state index in [2.05, 4.69) is 34.7 Å². The molecular weight excluding hydrogens is 346 g/mol. The molecule has 0 aliphatic rings. The smallest absolute Gasteiger partial charge is 0.191 e. The van der Waals surface area contributed by atoms with Gasteiger partial charge in [0.05, 0.1) is 18.8 Å². The van der Waals surface area contributed by atoms with E-state index in [4.69, 9.17) is 4.74 Å². The molecule has 142 valence electrons. The van der Waals surface area contributed by atoms with Crippen molar-refractivity contribution in [1.82, 2.24) is 10.6 Å². The molecule has 1 aromatic heterocycles. The van der Waals surface area contributed by atoms with Crippen molar-refractivity contribution in [1.29, 1.82) is 0 Å². The molecule has 2 rings (SSSR count). The van der Waals surface area contributed by atoms with Gasteiger partial charge in [0.2, 0.25) is 0 Å². The van der Waals surface area contributed by atoms with Crippen LogP contribution >= 0.6 is 11.3 Å². The zero-order valence-electron chi connectivity index (χ0n) is 16.0. The van der Waals surface area contributed by atoms with Gasteiger partial charge in [-0.15, -0.1) is 11.3 Å². The molecule has 1 unspecified atom stereocenters. The fraction of sp³-hybridized carbons (Fsp3) is 0.450. The SMILES string of the molecule is CCNC(=NCc1ccc(C)s1)NCC(O)c1cccc(OC(C)C)c1. The van der Waals surface area contributed by atoms with Crippen LogP contribution in [-0.2, 0) is 6.54 Å². The second-order valence-corrected chi connectivity index (χ2v) is 7.72. The van der Waals surface area contributed by atoms with Crippen LogP contribution in [0.2, 0.25) is 0 Å². The predicted molar refractivity (Wildman–Crippen MR) is 109 cm³/mol. The number of guanidine groups is 1. The van der Waals surface area contributed by atoms with Gasteiger partial charge in [-0.25, -0.2) is 4.99 Å². The van der Waals surface area contributed by atoms with Gasteiger partial charge in [-0.05, 0) is 57.5 Å². The second-order valence-electron chi connectivity index (χ2n) is 6.34. The van der Waals surface area contributed by atoms with Crippen LogP contribution in [0.4, 0.5) is 0 Å². The van der Waals surface area contributed by atoms with E-state index < -0.39 is 6.10 Å². The van der Waals surface area contributed by atoms with E-state index in [-0.39, 0.29) is 6.10 Å². The van der Waals surface area contributed by atoms with Crippen molar-refractivity contribution in [2.75, 3.05) is 13.1 Å². The van der Waals surface area contributed by atoms with Gasteiger partial charge in [0.25, 0.3) is 0 Å². The Bertz CT molecular complexity index is 713. The Morgan fingerprint density at radius 2 is 2.04 bits per heavy atom. The summed E-state index contributed by atoms with van der Waals surface area (Å²) < 4.78 is 5.69. The lowest BCUT2D eigenvalue weighted by molar-refractivity contribution is 0.179. The van der Waals surface area contributed by atoms with Gasteiger partial charge in [-0.1, -0.05) is 12.1 Å².